The molecule has 1 aromatic rings. The molecule has 1 unspecified atom stereocenters. The van der Waals surface area contributed by atoms with Crippen LogP contribution >= 0.6 is 23.4 Å². The van der Waals surface area contributed by atoms with E-state index in [1.807, 2.05) is 12.1 Å². The predicted molar refractivity (Wildman–Crippen MR) is 74.5 cm³/mol. The zero-order valence-corrected chi connectivity index (χ0v) is 10.8. The van der Waals surface area contributed by atoms with Gasteiger partial charge in [0.15, 0.2) is 0 Å². The molecule has 0 spiro atoms. The van der Waals surface area contributed by atoms with Gasteiger partial charge in [-0.05, 0) is 36.8 Å². The third-order valence-corrected chi connectivity index (χ3v) is 4.50. The van der Waals surface area contributed by atoms with Gasteiger partial charge in [0.2, 0.25) is 0 Å². The number of halogens is 1. The summed E-state index contributed by atoms with van der Waals surface area (Å²) in [4.78, 5) is 0. The van der Waals surface area contributed by atoms with Crippen molar-refractivity contribution in [1.82, 2.24) is 0 Å². The topological polar surface area (TPSA) is 38.0 Å². The van der Waals surface area contributed by atoms with E-state index in [0.29, 0.717) is 10.7 Å². The Morgan fingerprint density at radius 1 is 1.44 bits per heavy atom. The zero-order chi connectivity index (χ0) is 11.4. The molecular weight excluding hydrogens is 240 g/mol. The second kappa shape index (κ2) is 5.69. The average molecular weight is 257 g/mol. The number of benzene rings is 1. The average Bonchev–Trinajstić information content (AvgIpc) is 2.29. The van der Waals surface area contributed by atoms with Gasteiger partial charge in [0.1, 0.15) is 0 Å². The molecule has 1 fully saturated rings. The first-order chi connectivity index (χ1) is 7.75. The van der Waals surface area contributed by atoms with Crippen LogP contribution in [0.1, 0.15) is 19.3 Å². The Hall–Kier alpha value is -0.540. The zero-order valence-electron chi connectivity index (χ0n) is 9.21. The first-order valence-corrected chi connectivity index (χ1v) is 7.09. The van der Waals surface area contributed by atoms with E-state index in [-0.39, 0.29) is 0 Å². The Kier molecular flexibility index (Phi) is 4.24. The van der Waals surface area contributed by atoms with Gasteiger partial charge in [-0.25, -0.2) is 0 Å². The Labute approximate surface area is 106 Å². The van der Waals surface area contributed by atoms with Gasteiger partial charge in [0.05, 0.1) is 10.7 Å². The maximum Gasteiger partial charge on any atom is 0.0657 e. The maximum absolute atomic E-state index is 6.10. The molecule has 3 N–H and O–H groups in total. The van der Waals surface area contributed by atoms with Gasteiger partial charge in [-0.1, -0.05) is 18.0 Å². The molecule has 1 atom stereocenters. The van der Waals surface area contributed by atoms with Crippen molar-refractivity contribution in [3.05, 3.63) is 23.2 Å². The van der Waals surface area contributed by atoms with E-state index in [0.717, 1.165) is 17.5 Å². The van der Waals surface area contributed by atoms with Crippen LogP contribution in [0.3, 0.4) is 0 Å². The standard InChI is InChI=1S/C12H17ClN2S/c13-11-7-9(14)4-5-12(11)15-8-10-3-1-2-6-16-10/h4-5,7,10,15H,1-3,6,8,14H2. The van der Waals surface area contributed by atoms with Gasteiger partial charge in [0, 0.05) is 17.5 Å². The Morgan fingerprint density at radius 2 is 2.31 bits per heavy atom. The van der Waals surface area contributed by atoms with Crippen molar-refractivity contribution in [3.8, 4) is 0 Å². The van der Waals surface area contributed by atoms with Gasteiger partial charge in [-0.15, -0.1) is 0 Å². The lowest BCUT2D eigenvalue weighted by Gasteiger charge is -2.22. The molecule has 2 rings (SSSR count). The number of nitrogens with one attached hydrogen (secondary N) is 1. The van der Waals surface area contributed by atoms with Crippen LogP contribution in [-0.2, 0) is 0 Å². The Balaban J connectivity index is 1.88. The van der Waals surface area contributed by atoms with E-state index in [1.54, 1.807) is 6.07 Å². The highest BCUT2D eigenvalue weighted by Crippen LogP contribution is 2.28. The summed E-state index contributed by atoms with van der Waals surface area (Å²) in [5.41, 5.74) is 7.35. The van der Waals surface area contributed by atoms with Gasteiger partial charge in [-0.2, -0.15) is 11.8 Å². The predicted octanol–water partition coefficient (Wildman–Crippen LogP) is 3.62. The van der Waals surface area contributed by atoms with Crippen molar-refractivity contribution in [2.45, 2.75) is 24.5 Å². The lowest BCUT2D eigenvalue weighted by molar-refractivity contribution is 0.677. The summed E-state index contributed by atoms with van der Waals surface area (Å²) < 4.78 is 0. The number of anilines is 2. The van der Waals surface area contributed by atoms with Crippen LogP contribution in [0.5, 0.6) is 0 Å². The maximum atomic E-state index is 6.10. The minimum Gasteiger partial charge on any atom is -0.399 e. The van der Waals surface area contributed by atoms with Crippen molar-refractivity contribution in [2.75, 3.05) is 23.3 Å². The van der Waals surface area contributed by atoms with Gasteiger partial charge >= 0.3 is 0 Å². The molecule has 1 heterocycles. The molecule has 0 aliphatic carbocycles. The highest BCUT2D eigenvalue weighted by atomic mass is 35.5. The third kappa shape index (κ3) is 3.22. The van der Waals surface area contributed by atoms with Crippen molar-refractivity contribution >= 4 is 34.7 Å². The third-order valence-electron chi connectivity index (χ3n) is 2.79. The summed E-state index contributed by atoms with van der Waals surface area (Å²) >= 11 is 8.16. The quantitative estimate of drug-likeness (QED) is 0.812. The molecule has 0 aromatic heterocycles. The molecule has 0 saturated carbocycles. The van der Waals surface area contributed by atoms with Crippen molar-refractivity contribution in [2.24, 2.45) is 0 Å². The highest BCUT2D eigenvalue weighted by molar-refractivity contribution is 7.99. The van der Waals surface area contributed by atoms with Crippen LogP contribution in [0.15, 0.2) is 18.2 Å². The fraction of sp³-hybridized carbons (Fsp3) is 0.500. The second-order valence-corrected chi connectivity index (χ2v) is 5.92. The molecule has 0 bridgehead atoms. The van der Waals surface area contributed by atoms with Crippen LogP contribution < -0.4 is 11.1 Å². The molecule has 0 amide bonds. The Bertz CT molecular complexity index is 351. The number of rotatable bonds is 3. The summed E-state index contributed by atoms with van der Waals surface area (Å²) in [6.07, 6.45) is 4.03. The summed E-state index contributed by atoms with van der Waals surface area (Å²) in [6.45, 7) is 0.994. The van der Waals surface area contributed by atoms with Gasteiger partial charge in [0.25, 0.3) is 0 Å². The molecule has 1 aromatic carbocycles. The molecule has 2 nitrogen and oxygen atoms in total. The van der Waals surface area contributed by atoms with Crippen molar-refractivity contribution in [3.63, 3.8) is 0 Å². The first-order valence-electron chi connectivity index (χ1n) is 5.66. The monoisotopic (exact) mass is 256 g/mol. The fourth-order valence-corrected chi connectivity index (χ4v) is 3.36. The lowest BCUT2D eigenvalue weighted by Crippen LogP contribution is -2.20. The highest BCUT2D eigenvalue weighted by Gasteiger charge is 2.13. The molecule has 16 heavy (non-hydrogen) atoms. The SMILES string of the molecule is Nc1ccc(NCC2CCCCS2)c(Cl)c1. The van der Waals surface area contributed by atoms with E-state index in [9.17, 15) is 0 Å². The smallest absolute Gasteiger partial charge is 0.0657 e. The van der Waals surface area contributed by atoms with Crippen molar-refractivity contribution in [1.29, 1.82) is 0 Å². The molecule has 88 valence electrons. The summed E-state index contributed by atoms with van der Waals surface area (Å²) in [6, 6.07) is 5.62. The number of nitrogen functional groups attached to an aromatic ring is 1. The van der Waals surface area contributed by atoms with Gasteiger partial charge < -0.3 is 11.1 Å². The largest absolute Gasteiger partial charge is 0.399 e. The lowest BCUT2D eigenvalue weighted by atomic mass is 10.2. The van der Waals surface area contributed by atoms with Crippen LogP contribution in [0.2, 0.25) is 5.02 Å². The Morgan fingerprint density at radius 3 is 3.00 bits per heavy atom. The van der Waals surface area contributed by atoms with Crippen LogP contribution in [-0.4, -0.2) is 17.5 Å². The first kappa shape index (κ1) is 11.9. The number of hydrogen-bond donors (Lipinski definition) is 2. The molecule has 4 heteroatoms. The van der Waals surface area contributed by atoms with E-state index >= 15 is 0 Å². The van der Waals surface area contributed by atoms with Gasteiger partial charge in [-0.3, -0.25) is 0 Å². The molecule has 1 saturated heterocycles. The van der Waals surface area contributed by atoms with Crippen LogP contribution in [0.25, 0.3) is 0 Å². The summed E-state index contributed by atoms with van der Waals surface area (Å²) in [7, 11) is 0. The minimum atomic E-state index is 0.709. The molecular formula is C12H17ClN2S. The number of nitrogens with two attached hydrogens (primary N) is 1. The van der Waals surface area contributed by atoms with E-state index in [2.05, 4.69) is 17.1 Å². The fourth-order valence-electron chi connectivity index (χ4n) is 1.87. The molecule has 0 radical (unpaired) electrons. The van der Waals surface area contributed by atoms with Crippen molar-refractivity contribution < 1.29 is 0 Å². The van der Waals surface area contributed by atoms with E-state index in [1.165, 1.54) is 25.0 Å². The number of thioether (sulfide) groups is 1. The number of hydrogen-bond acceptors (Lipinski definition) is 3. The normalized spacial score (nSPS) is 20.7. The molecule has 1 aliphatic rings. The summed E-state index contributed by atoms with van der Waals surface area (Å²) in [5.74, 6) is 1.29. The van der Waals surface area contributed by atoms with E-state index in [4.69, 9.17) is 17.3 Å². The van der Waals surface area contributed by atoms with Crippen LogP contribution in [0.4, 0.5) is 11.4 Å². The minimum absolute atomic E-state index is 0.709. The second-order valence-electron chi connectivity index (χ2n) is 4.11. The van der Waals surface area contributed by atoms with E-state index < -0.39 is 0 Å². The molecule has 1 aliphatic heterocycles. The van der Waals surface area contributed by atoms with Crippen LogP contribution in [0, 0.1) is 0 Å². The summed E-state index contributed by atoms with van der Waals surface area (Å²) in [5, 5.41) is 4.84.